The van der Waals surface area contributed by atoms with Crippen molar-refractivity contribution in [1.82, 2.24) is 14.8 Å². The second kappa shape index (κ2) is 3.16. The number of hydrogen-bond donors (Lipinski definition) is 0. The zero-order valence-electron chi connectivity index (χ0n) is 7.21. The van der Waals surface area contributed by atoms with Crippen molar-refractivity contribution in [3.8, 4) is 0 Å². The van der Waals surface area contributed by atoms with E-state index in [2.05, 4.69) is 10.1 Å². The van der Waals surface area contributed by atoms with E-state index in [9.17, 15) is 8.78 Å². The number of rotatable bonds is 1. The minimum absolute atomic E-state index is 0.0338. The first-order valence-corrected chi connectivity index (χ1v) is 4.23. The summed E-state index contributed by atoms with van der Waals surface area (Å²) in [6.45, 7) is 0. The highest BCUT2D eigenvalue weighted by atomic mass is 35.5. The second-order valence-corrected chi connectivity index (χ2v) is 3.26. The molecule has 0 aliphatic rings. The van der Waals surface area contributed by atoms with Gasteiger partial charge in [-0.25, -0.2) is 13.8 Å². The Kier molecular flexibility index (Phi) is 2.11. The van der Waals surface area contributed by atoms with Crippen molar-refractivity contribution < 1.29 is 8.78 Å². The Morgan fingerprint density at radius 1 is 1.50 bits per heavy atom. The first kappa shape index (κ1) is 9.33. The molecular formula is C8H6ClF2N3. The zero-order chi connectivity index (χ0) is 10.3. The molecular weight excluding hydrogens is 212 g/mol. The van der Waals surface area contributed by atoms with Crippen LogP contribution in [0.5, 0.6) is 0 Å². The molecule has 0 unspecified atom stereocenters. The number of hydrogen-bond acceptors (Lipinski definition) is 2. The molecule has 0 aromatic carbocycles. The van der Waals surface area contributed by atoms with Crippen LogP contribution in [0, 0.1) is 0 Å². The minimum atomic E-state index is -2.57. The summed E-state index contributed by atoms with van der Waals surface area (Å²) in [6.07, 6.45) is -1.07. The summed E-state index contributed by atoms with van der Waals surface area (Å²) < 4.78 is 26.6. The molecule has 0 N–H and O–H groups in total. The molecule has 0 saturated heterocycles. The summed E-state index contributed by atoms with van der Waals surface area (Å²) in [5.41, 5.74) is 0.114. The molecule has 0 atom stereocenters. The van der Waals surface area contributed by atoms with Crippen LogP contribution in [0.25, 0.3) is 11.0 Å². The third-order valence-corrected chi connectivity index (χ3v) is 2.04. The fourth-order valence-corrected chi connectivity index (χ4v) is 1.48. The van der Waals surface area contributed by atoms with Gasteiger partial charge in [-0.05, 0) is 6.07 Å². The van der Waals surface area contributed by atoms with Crippen LogP contribution in [-0.2, 0) is 7.05 Å². The number of pyridine rings is 1. The van der Waals surface area contributed by atoms with Gasteiger partial charge in [0.2, 0.25) is 0 Å². The van der Waals surface area contributed by atoms with Crippen molar-refractivity contribution in [3.63, 3.8) is 0 Å². The van der Waals surface area contributed by atoms with Crippen LogP contribution >= 0.6 is 11.6 Å². The minimum Gasteiger partial charge on any atom is -0.273 e. The van der Waals surface area contributed by atoms with E-state index in [-0.39, 0.29) is 16.4 Å². The Morgan fingerprint density at radius 3 is 2.86 bits per heavy atom. The predicted molar refractivity (Wildman–Crippen MR) is 48.5 cm³/mol. The van der Waals surface area contributed by atoms with Crippen LogP contribution < -0.4 is 0 Å². The largest absolute Gasteiger partial charge is 0.273 e. The molecule has 0 spiro atoms. The lowest BCUT2D eigenvalue weighted by atomic mass is 10.2. The first-order chi connectivity index (χ1) is 6.58. The van der Waals surface area contributed by atoms with Crippen molar-refractivity contribution in [2.24, 2.45) is 7.05 Å². The molecule has 0 radical (unpaired) electrons. The summed E-state index contributed by atoms with van der Waals surface area (Å²) in [5.74, 6) is 0. The highest BCUT2D eigenvalue weighted by Crippen LogP contribution is 2.28. The summed E-state index contributed by atoms with van der Waals surface area (Å²) in [6, 6.07) is 1.16. The molecule has 0 aliphatic carbocycles. The normalized spacial score (nSPS) is 11.5. The molecule has 3 nitrogen and oxygen atoms in total. The van der Waals surface area contributed by atoms with Crippen molar-refractivity contribution in [2.75, 3.05) is 0 Å². The molecule has 2 aromatic rings. The van der Waals surface area contributed by atoms with E-state index in [1.54, 1.807) is 7.05 Å². The maximum Gasteiger partial charge on any atom is 0.264 e. The maximum atomic E-state index is 12.6. The summed E-state index contributed by atoms with van der Waals surface area (Å²) in [7, 11) is 1.64. The van der Waals surface area contributed by atoms with Gasteiger partial charge in [-0.15, -0.1) is 0 Å². The number of aromatic nitrogens is 3. The van der Waals surface area contributed by atoms with Gasteiger partial charge in [-0.1, -0.05) is 11.6 Å². The highest BCUT2D eigenvalue weighted by Gasteiger charge is 2.15. The monoisotopic (exact) mass is 217 g/mol. The topological polar surface area (TPSA) is 30.7 Å². The lowest BCUT2D eigenvalue weighted by Gasteiger charge is -2.00. The van der Waals surface area contributed by atoms with E-state index in [4.69, 9.17) is 11.6 Å². The van der Waals surface area contributed by atoms with E-state index >= 15 is 0 Å². The first-order valence-electron chi connectivity index (χ1n) is 3.86. The van der Waals surface area contributed by atoms with Crippen LogP contribution in [0.1, 0.15) is 12.0 Å². The van der Waals surface area contributed by atoms with Crippen molar-refractivity contribution in [3.05, 3.63) is 23.0 Å². The van der Waals surface area contributed by atoms with Gasteiger partial charge in [-0.3, -0.25) is 4.68 Å². The quantitative estimate of drug-likeness (QED) is 0.688. The van der Waals surface area contributed by atoms with E-state index in [1.165, 1.54) is 10.9 Å². The molecule has 0 amide bonds. The summed E-state index contributed by atoms with van der Waals surface area (Å²) in [5, 5.41) is 4.28. The van der Waals surface area contributed by atoms with Crippen LogP contribution in [0.3, 0.4) is 0 Å². The van der Waals surface area contributed by atoms with Gasteiger partial charge in [0, 0.05) is 24.2 Å². The molecule has 2 aromatic heterocycles. The standard InChI is InChI=1S/C8H6ClF2N3/c1-14-3-5-4(7(10)11)2-6(9)12-8(5)13-14/h2-3,7H,1H3. The molecule has 0 saturated carbocycles. The third kappa shape index (κ3) is 1.43. The number of alkyl halides is 2. The second-order valence-electron chi connectivity index (χ2n) is 2.87. The van der Waals surface area contributed by atoms with Crippen molar-refractivity contribution in [2.45, 2.75) is 6.43 Å². The number of aryl methyl sites for hydroxylation is 1. The molecule has 0 aliphatic heterocycles. The highest BCUT2D eigenvalue weighted by molar-refractivity contribution is 6.29. The Balaban J connectivity index is 2.79. The predicted octanol–water partition coefficient (Wildman–Crippen LogP) is 2.56. The molecule has 14 heavy (non-hydrogen) atoms. The average molecular weight is 218 g/mol. The van der Waals surface area contributed by atoms with Crippen LogP contribution in [0.2, 0.25) is 5.15 Å². The van der Waals surface area contributed by atoms with Crippen molar-refractivity contribution in [1.29, 1.82) is 0 Å². The Morgan fingerprint density at radius 2 is 2.21 bits per heavy atom. The van der Waals surface area contributed by atoms with Gasteiger partial charge in [0.1, 0.15) is 5.15 Å². The van der Waals surface area contributed by atoms with E-state index in [1.807, 2.05) is 0 Å². The number of halogens is 3. The molecule has 74 valence electrons. The molecule has 0 bridgehead atoms. The smallest absolute Gasteiger partial charge is 0.264 e. The number of fused-ring (bicyclic) bond motifs is 1. The molecule has 0 fully saturated rings. The van der Waals surface area contributed by atoms with Gasteiger partial charge < -0.3 is 0 Å². The maximum absolute atomic E-state index is 12.6. The molecule has 2 rings (SSSR count). The summed E-state index contributed by atoms with van der Waals surface area (Å²) >= 11 is 5.58. The number of nitrogens with zero attached hydrogens (tertiary/aromatic N) is 3. The average Bonchev–Trinajstić information content (AvgIpc) is 2.42. The van der Waals surface area contributed by atoms with E-state index in [0.29, 0.717) is 5.39 Å². The van der Waals surface area contributed by atoms with Gasteiger partial charge in [-0.2, -0.15) is 5.10 Å². The van der Waals surface area contributed by atoms with Gasteiger partial charge in [0.05, 0.1) is 0 Å². The molecule has 6 heteroatoms. The molecule has 2 heterocycles. The van der Waals surface area contributed by atoms with Crippen LogP contribution in [-0.4, -0.2) is 14.8 Å². The Hall–Kier alpha value is -1.23. The summed E-state index contributed by atoms with van der Waals surface area (Å²) in [4.78, 5) is 3.84. The van der Waals surface area contributed by atoms with Crippen LogP contribution in [0.15, 0.2) is 12.3 Å². The lowest BCUT2D eigenvalue weighted by Crippen LogP contribution is -1.88. The zero-order valence-corrected chi connectivity index (χ0v) is 7.96. The fraction of sp³-hybridized carbons (Fsp3) is 0.250. The SMILES string of the molecule is Cn1cc2c(C(F)F)cc(Cl)nc2n1. The van der Waals surface area contributed by atoms with Gasteiger partial charge in [0.15, 0.2) is 5.65 Å². The van der Waals surface area contributed by atoms with Crippen molar-refractivity contribution >= 4 is 22.6 Å². The Labute approximate surface area is 83.3 Å². The van der Waals surface area contributed by atoms with Gasteiger partial charge in [0.25, 0.3) is 6.43 Å². The van der Waals surface area contributed by atoms with Gasteiger partial charge >= 0.3 is 0 Å². The fourth-order valence-electron chi connectivity index (χ4n) is 1.28. The Bertz CT molecular complexity index is 481. The van der Waals surface area contributed by atoms with E-state index in [0.717, 1.165) is 6.07 Å². The van der Waals surface area contributed by atoms with E-state index < -0.39 is 6.43 Å². The third-order valence-electron chi connectivity index (χ3n) is 1.84. The van der Waals surface area contributed by atoms with Crippen LogP contribution in [0.4, 0.5) is 8.78 Å². The lowest BCUT2D eigenvalue weighted by molar-refractivity contribution is 0.153.